The van der Waals surface area contributed by atoms with Gasteiger partial charge in [0.25, 0.3) is 0 Å². The molecule has 0 spiro atoms. The maximum absolute atomic E-state index is 11.0. The molecule has 0 N–H and O–H groups in total. The van der Waals surface area contributed by atoms with E-state index in [-0.39, 0.29) is 0 Å². The second kappa shape index (κ2) is 7.23. The first kappa shape index (κ1) is 15.5. The number of carbonyl (C=O) groups excluding carboxylic acids is 1. The van der Waals surface area contributed by atoms with E-state index >= 15 is 0 Å². The number of hydrogen-bond donors (Lipinski definition) is 0. The van der Waals surface area contributed by atoms with Crippen molar-refractivity contribution in [3.8, 4) is 0 Å². The third-order valence-electron chi connectivity index (χ3n) is 3.96. The van der Waals surface area contributed by atoms with Gasteiger partial charge in [-0.1, -0.05) is 30.3 Å². The van der Waals surface area contributed by atoms with Crippen LogP contribution < -0.4 is 0 Å². The Balaban J connectivity index is 1.84. The van der Waals surface area contributed by atoms with Crippen LogP contribution in [0.25, 0.3) is 0 Å². The third kappa shape index (κ3) is 4.05. The highest BCUT2D eigenvalue weighted by Gasteiger charge is 2.08. The molecule has 0 aliphatic rings. The number of benzene rings is 1. The zero-order valence-corrected chi connectivity index (χ0v) is 13.2. The lowest BCUT2D eigenvalue weighted by molar-refractivity contribution is 0.112. The fourth-order valence-corrected chi connectivity index (χ4v) is 2.76. The van der Waals surface area contributed by atoms with Gasteiger partial charge in [-0.3, -0.25) is 4.79 Å². The summed E-state index contributed by atoms with van der Waals surface area (Å²) in [7, 11) is 2.15. The SMILES string of the molecule is Cc1cc(C=O)c(C)n1CCCN(C)Cc1ccccc1. The highest BCUT2D eigenvalue weighted by atomic mass is 16.1. The number of aldehydes is 1. The van der Waals surface area contributed by atoms with Gasteiger partial charge in [0.15, 0.2) is 6.29 Å². The van der Waals surface area contributed by atoms with Crippen molar-refractivity contribution in [3.63, 3.8) is 0 Å². The van der Waals surface area contributed by atoms with Gasteiger partial charge in [-0.05, 0) is 45.5 Å². The molecule has 0 saturated heterocycles. The minimum Gasteiger partial charge on any atom is -0.348 e. The van der Waals surface area contributed by atoms with E-state index in [4.69, 9.17) is 0 Å². The van der Waals surface area contributed by atoms with Gasteiger partial charge in [-0.25, -0.2) is 0 Å². The fraction of sp³-hybridized carbons (Fsp3) is 0.389. The van der Waals surface area contributed by atoms with Crippen LogP contribution in [-0.2, 0) is 13.1 Å². The Hall–Kier alpha value is -1.87. The van der Waals surface area contributed by atoms with Gasteiger partial charge in [-0.15, -0.1) is 0 Å². The number of hydrogen-bond acceptors (Lipinski definition) is 2. The van der Waals surface area contributed by atoms with E-state index in [1.54, 1.807) is 0 Å². The van der Waals surface area contributed by atoms with Crippen molar-refractivity contribution in [3.05, 3.63) is 58.9 Å². The Morgan fingerprint density at radius 1 is 1.19 bits per heavy atom. The molecular weight excluding hydrogens is 260 g/mol. The molecule has 0 aliphatic carbocycles. The molecule has 0 bridgehead atoms. The van der Waals surface area contributed by atoms with E-state index in [9.17, 15) is 4.79 Å². The first-order valence-electron chi connectivity index (χ1n) is 7.46. The van der Waals surface area contributed by atoms with E-state index in [0.717, 1.165) is 43.6 Å². The van der Waals surface area contributed by atoms with Gasteiger partial charge in [0.2, 0.25) is 0 Å². The Morgan fingerprint density at radius 3 is 2.52 bits per heavy atom. The molecule has 0 atom stereocenters. The van der Waals surface area contributed by atoms with Gasteiger partial charge in [0.1, 0.15) is 0 Å². The Bertz CT molecular complexity index is 587. The minimum absolute atomic E-state index is 0.810. The molecule has 0 saturated carbocycles. The molecule has 112 valence electrons. The van der Waals surface area contributed by atoms with Crippen LogP contribution in [0.15, 0.2) is 36.4 Å². The summed E-state index contributed by atoms with van der Waals surface area (Å²) >= 11 is 0. The summed E-state index contributed by atoms with van der Waals surface area (Å²) in [4.78, 5) is 13.3. The molecule has 0 aliphatic heterocycles. The predicted molar refractivity (Wildman–Crippen MR) is 86.7 cm³/mol. The molecule has 0 unspecified atom stereocenters. The number of nitrogens with zero attached hydrogens (tertiary/aromatic N) is 2. The van der Waals surface area contributed by atoms with E-state index in [1.165, 1.54) is 11.3 Å². The van der Waals surface area contributed by atoms with Crippen molar-refractivity contribution in [2.24, 2.45) is 0 Å². The molecule has 1 heterocycles. The van der Waals surface area contributed by atoms with E-state index in [0.29, 0.717) is 0 Å². The first-order valence-corrected chi connectivity index (χ1v) is 7.46. The van der Waals surface area contributed by atoms with Crippen molar-refractivity contribution in [2.75, 3.05) is 13.6 Å². The summed E-state index contributed by atoms with van der Waals surface area (Å²) in [6, 6.07) is 12.5. The molecule has 0 fully saturated rings. The number of carbonyl (C=O) groups is 1. The van der Waals surface area contributed by atoms with Gasteiger partial charge in [0.05, 0.1) is 0 Å². The maximum Gasteiger partial charge on any atom is 0.151 e. The minimum atomic E-state index is 0.810. The van der Waals surface area contributed by atoms with Gasteiger partial charge in [0, 0.05) is 30.0 Å². The molecule has 0 radical (unpaired) electrons. The van der Waals surface area contributed by atoms with Crippen LogP contribution in [0.5, 0.6) is 0 Å². The van der Waals surface area contributed by atoms with Crippen LogP contribution in [-0.4, -0.2) is 29.3 Å². The molecule has 3 nitrogen and oxygen atoms in total. The summed E-state index contributed by atoms with van der Waals surface area (Å²) in [5.74, 6) is 0. The van der Waals surface area contributed by atoms with Crippen LogP contribution in [0.1, 0.15) is 33.7 Å². The van der Waals surface area contributed by atoms with Crippen molar-refractivity contribution in [2.45, 2.75) is 33.4 Å². The zero-order valence-electron chi connectivity index (χ0n) is 13.2. The Morgan fingerprint density at radius 2 is 1.90 bits per heavy atom. The summed E-state index contributed by atoms with van der Waals surface area (Å²) in [6.07, 6.45) is 2.03. The zero-order chi connectivity index (χ0) is 15.2. The number of rotatable bonds is 7. The second-order valence-electron chi connectivity index (χ2n) is 5.67. The van der Waals surface area contributed by atoms with Crippen molar-refractivity contribution < 1.29 is 4.79 Å². The molecule has 2 rings (SSSR count). The fourth-order valence-electron chi connectivity index (χ4n) is 2.76. The highest BCUT2D eigenvalue weighted by molar-refractivity contribution is 5.77. The lowest BCUT2D eigenvalue weighted by Gasteiger charge is -2.17. The first-order chi connectivity index (χ1) is 10.1. The predicted octanol–water partition coefficient (Wildman–Crippen LogP) is 3.44. The van der Waals surface area contributed by atoms with Gasteiger partial charge < -0.3 is 9.47 Å². The van der Waals surface area contributed by atoms with Crippen LogP contribution in [0.4, 0.5) is 0 Å². The summed E-state index contributed by atoms with van der Waals surface area (Å²) in [5, 5.41) is 0. The average Bonchev–Trinajstić information content (AvgIpc) is 2.75. The van der Waals surface area contributed by atoms with Crippen molar-refractivity contribution in [1.82, 2.24) is 9.47 Å². The van der Waals surface area contributed by atoms with E-state index in [2.05, 4.69) is 47.7 Å². The second-order valence-corrected chi connectivity index (χ2v) is 5.67. The van der Waals surface area contributed by atoms with E-state index in [1.807, 2.05) is 19.1 Å². The molecule has 1 aromatic carbocycles. The highest BCUT2D eigenvalue weighted by Crippen LogP contribution is 2.14. The van der Waals surface area contributed by atoms with E-state index < -0.39 is 0 Å². The van der Waals surface area contributed by atoms with Crippen molar-refractivity contribution >= 4 is 6.29 Å². The van der Waals surface area contributed by atoms with Crippen molar-refractivity contribution in [1.29, 1.82) is 0 Å². The monoisotopic (exact) mass is 284 g/mol. The largest absolute Gasteiger partial charge is 0.348 e. The topological polar surface area (TPSA) is 25.2 Å². The normalized spacial score (nSPS) is 11.0. The van der Waals surface area contributed by atoms with Crippen LogP contribution in [0, 0.1) is 13.8 Å². The molecule has 0 amide bonds. The van der Waals surface area contributed by atoms with Crippen LogP contribution >= 0.6 is 0 Å². The van der Waals surface area contributed by atoms with Gasteiger partial charge in [-0.2, -0.15) is 0 Å². The lowest BCUT2D eigenvalue weighted by atomic mass is 10.2. The smallest absolute Gasteiger partial charge is 0.151 e. The summed E-state index contributed by atoms with van der Waals surface area (Å²) in [5.41, 5.74) is 4.40. The average molecular weight is 284 g/mol. The van der Waals surface area contributed by atoms with Crippen LogP contribution in [0.2, 0.25) is 0 Å². The molecule has 3 heteroatoms. The molecular formula is C18H24N2O. The molecule has 1 aromatic heterocycles. The Labute approximate surface area is 127 Å². The quantitative estimate of drug-likeness (QED) is 0.728. The van der Waals surface area contributed by atoms with Crippen LogP contribution in [0.3, 0.4) is 0 Å². The molecule has 21 heavy (non-hydrogen) atoms. The van der Waals surface area contributed by atoms with Gasteiger partial charge >= 0.3 is 0 Å². The number of aryl methyl sites for hydroxylation is 1. The lowest BCUT2D eigenvalue weighted by Crippen LogP contribution is -2.20. The maximum atomic E-state index is 11.0. The summed E-state index contributed by atoms with van der Waals surface area (Å²) < 4.78 is 2.24. The third-order valence-corrected chi connectivity index (χ3v) is 3.96. The number of aromatic nitrogens is 1. The molecule has 2 aromatic rings. The summed E-state index contributed by atoms with van der Waals surface area (Å²) in [6.45, 7) is 7.06. The Kier molecular flexibility index (Phi) is 5.34. The standard InChI is InChI=1S/C18H24N2O/c1-15-12-18(14-21)16(2)20(15)11-7-10-19(3)13-17-8-5-4-6-9-17/h4-6,8-9,12,14H,7,10-11,13H2,1-3H3.